The highest BCUT2D eigenvalue weighted by atomic mass is 35.5. The van der Waals surface area contributed by atoms with Crippen LogP contribution in [0, 0.1) is 11.3 Å². The SMILES string of the molecule is CC(CC#N)N(C)CCC(=O)Nc1c(Cl)cc(N)cc1Cl. The molecule has 0 fully saturated rings. The van der Waals surface area contributed by atoms with Crippen molar-refractivity contribution >= 4 is 40.5 Å². The number of rotatable bonds is 6. The molecule has 0 radical (unpaired) electrons. The lowest BCUT2D eigenvalue weighted by Gasteiger charge is -2.22. The first-order valence-corrected chi connectivity index (χ1v) is 7.22. The molecule has 0 aliphatic carbocycles. The molecule has 0 saturated heterocycles. The molecular weight excluding hydrogens is 311 g/mol. The lowest BCUT2D eigenvalue weighted by Crippen LogP contribution is -2.31. The zero-order valence-corrected chi connectivity index (χ0v) is 13.5. The van der Waals surface area contributed by atoms with Crippen LogP contribution < -0.4 is 11.1 Å². The molecule has 3 N–H and O–H groups in total. The average Bonchev–Trinajstić information content (AvgIpc) is 2.40. The van der Waals surface area contributed by atoms with Gasteiger partial charge in [0.2, 0.25) is 5.91 Å². The molecule has 0 aliphatic rings. The Labute approximate surface area is 134 Å². The Morgan fingerprint density at radius 3 is 2.57 bits per heavy atom. The molecule has 21 heavy (non-hydrogen) atoms. The number of nitrogen functional groups attached to an aromatic ring is 1. The van der Waals surface area contributed by atoms with Crippen LogP contribution in [-0.2, 0) is 4.79 Å². The summed E-state index contributed by atoms with van der Waals surface area (Å²) in [5.41, 5.74) is 6.41. The lowest BCUT2D eigenvalue weighted by molar-refractivity contribution is -0.116. The molecular formula is C14H18Cl2N4O. The van der Waals surface area contributed by atoms with Gasteiger partial charge in [0.05, 0.1) is 28.2 Å². The molecule has 1 atom stereocenters. The molecule has 0 saturated carbocycles. The van der Waals surface area contributed by atoms with E-state index < -0.39 is 0 Å². The van der Waals surface area contributed by atoms with Crippen LogP contribution in [0.4, 0.5) is 11.4 Å². The molecule has 5 nitrogen and oxygen atoms in total. The molecule has 1 aromatic carbocycles. The summed E-state index contributed by atoms with van der Waals surface area (Å²) in [5, 5.41) is 11.9. The van der Waals surface area contributed by atoms with E-state index >= 15 is 0 Å². The molecule has 0 aromatic heterocycles. The second-order valence-corrected chi connectivity index (χ2v) is 5.66. The first kappa shape index (κ1) is 17.6. The van der Waals surface area contributed by atoms with E-state index in [9.17, 15) is 4.79 Å². The standard InChI is InChI=1S/C14H18Cl2N4O/c1-9(3-5-17)20(2)6-4-13(21)19-14-11(15)7-10(18)8-12(14)16/h7-9H,3-4,6,18H2,1-2H3,(H,19,21). The van der Waals surface area contributed by atoms with Crippen LogP contribution in [0.1, 0.15) is 19.8 Å². The van der Waals surface area contributed by atoms with E-state index in [1.165, 1.54) is 12.1 Å². The summed E-state index contributed by atoms with van der Waals surface area (Å²) in [7, 11) is 1.87. The molecule has 0 heterocycles. The Morgan fingerprint density at radius 1 is 1.48 bits per heavy atom. The second kappa shape index (κ2) is 8.08. The van der Waals surface area contributed by atoms with E-state index in [4.69, 9.17) is 34.2 Å². The fraction of sp³-hybridized carbons (Fsp3) is 0.429. The van der Waals surface area contributed by atoms with Gasteiger partial charge in [-0.3, -0.25) is 4.79 Å². The van der Waals surface area contributed by atoms with Gasteiger partial charge in [0.25, 0.3) is 0 Å². The summed E-state index contributed by atoms with van der Waals surface area (Å²) in [4.78, 5) is 13.9. The topological polar surface area (TPSA) is 82.2 Å². The first-order valence-electron chi connectivity index (χ1n) is 6.46. The minimum Gasteiger partial charge on any atom is -0.399 e. The van der Waals surface area contributed by atoms with Crippen molar-refractivity contribution in [3.05, 3.63) is 22.2 Å². The Kier molecular flexibility index (Phi) is 6.76. The monoisotopic (exact) mass is 328 g/mol. The maximum absolute atomic E-state index is 11.9. The number of benzene rings is 1. The maximum Gasteiger partial charge on any atom is 0.225 e. The maximum atomic E-state index is 11.9. The normalized spacial score (nSPS) is 12.0. The van der Waals surface area contributed by atoms with Crippen molar-refractivity contribution in [2.24, 2.45) is 0 Å². The largest absolute Gasteiger partial charge is 0.399 e. The van der Waals surface area contributed by atoms with Crippen molar-refractivity contribution in [2.75, 3.05) is 24.6 Å². The van der Waals surface area contributed by atoms with Crippen LogP contribution in [0.2, 0.25) is 10.0 Å². The number of carbonyl (C=O) groups excluding carboxylic acids is 1. The Morgan fingerprint density at radius 2 is 2.05 bits per heavy atom. The smallest absolute Gasteiger partial charge is 0.225 e. The van der Waals surface area contributed by atoms with E-state index in [0.717, 1.165) is 0 Å². The number of carbonyl (C=O) groups is 1. The number of nitriles is 1. The number of nitrogens with one attached hydrogen (secondary N) is 1. The summed E-state index contributed by atoms with van der Waals surface area (Å²) < 4.78 is 0. The van der Waals surface area contributed by atoms with E-state index in [0.29, 0.717) is 34.4 Å². The molecule has 1 amide bonds. The van der Waals surface area contributed by atoms with Crippen molar-refractivity contribution < 1.29 is 4.79 Å². The zero-order chi connectivity index (χ0) is 16.0. The van der Waals surface area contributed by atoms with Crippen molar-refractivity contribution in [3.8, 4) is 6.07 Å². The van der Waals surface area contributed by atoms with Gasteiger partial charge in [0.1, 0.15) is 0 Å². The van der Waals surface area contributed by atoms with Crippen LogP contribution in [-0.4, -0.2) is 30.4 Å². The molecule has 7 heteroatoms. The van der Waals surface area contributed by atoms with Gasteiger partial charge in [-0.2, -0.15) is 5.26 Å². The number of nitrogens with zero attached hydrogens (tertiary/aromatic N) is 2. The fourth-order valence-electron chi connectivity index (χ4n) is 1.70. The Bertz CT molecular complexity index is 533. The van der Waals surface area contributed by atoms with Gasteiger partial charge in [-0.05, 0) is 26.1 Å². The number of amides is 1. The Balaban J connectivity index is 2.57. The van der Waals surface area contributed by atoms with Crippen LogP contribution in [0.5, 0.6) is 0 Å². The molecule has 1 aromatic rings. The van der Waals surface area contributed by atoms with Crippen LogP contribution in [0.15, 0.2) is 12.1 Å². The fourth-order valence-corrected chi connectivity index (χ4v) is 2.30. The predicted molar refractivity (Wildman–Crippen MR) is 86.4 cm³/mol. The van der Waals surface area contributed by atoms with Gasteiger partial charge in [-0.15, -0.1) is 0 Å². The van der Waals surface area contributed by atoms with Crippen molar-refractivity contribution in [3.63, 3.8) is 0 Å². The molecule has 0 spiro atoms. The lowest BCUT2D eigenvalue weighted by atomic mass is 10.2. The number of hydrogen-bond donors (Lipinski definition) is 2. The molecule has 0 bridgehead atoms. The number of anilines is 2. The second-order valence-electron chi connectivity index (χ2n) is 4.85. The van der Waals surface area contributed by atoms with Gasteiger partial charge < -0.3 is 16.0 Å². The minimum atomic E-state index is -0.195. The molecule has 1 unspecified atom stereocenters. The van der Waals surface area contributed by atoms with Crippen LogP contribution in [0.25, 0.3) is 0 Å². The first-order chi connectivity index (χ1) is 9.85. The summed E-state index contributed by atoms with van der Waals surface area (Å²) in [6, 6.07) is 5.27. The minimum absolute atomic E-state index is 0.103. The summed E-state index contributed by atoms with van der Waals surface area (Å²) in [6.45, 7) is 2.48. The van der Waals surface area contributed by atoms with Crippen molar-refractivity contribution in [1.82, 2.24) is 4.90 Å². The van der Waals surface area contributed by atoms with Crippen molar-refractivity contribution in [2.45, 2.75) is 25.8 Å². The highest BCUT2D eigenvalue weighted by Gasteiger charge is 2.13. The zero-order valence-electron chi connectivity index (χ0n) is 12.0. The predicted octanol–water partition coefficient (Wildman–Crippen LogP) is 3.14. The molecule has 114 valence electrons. The summed E-state index contributed by atoms with van der Waals surface area (Å²) in [5.74, 6) is -0.195. The quantitative estimate of drug-likeness (QED) is 0.786. The van der Waals surface area contributed by atoms with Crippen LogP contribution in [0.3, 0.4) is 0 Å². The van der Waals surface area contributed by atoms with Gasteiger partial charge in [0, 0.05) is 24.7 Å². The molecule has 1 rings (SSSR count). The third-order valence-electron chi connectivity index (χ3n) is 3.16. The van der Waals surface area contributed by atoms with Crippen molar-refractivity contribution in [1.29, 1.82) is 5.26 Å². The third kappa shape index (κ3) is 5.43. The van der Waals surface area contributed by atoms with Gasteiger partial charge in [-0.25, -0.2) is 0 Å². The van der Waals surface area contributed by atoms with E-state index in [1.54, 1.807) is 0 Å². The van der Waals surface area contributed by atoms with Gasteiger partial charge >= 0.3 is 0 Å². The number of hydrogen-bond acceptors (Lipinski definition) is 4. The van der Waals surface area contributed by atoms with Gasteiger partial charge in [0.15, 0.2) is 0 Å². The van der Waals surface area contributed by atoms with E-state index in [-0.39, 0.29) is 18.4 Å². The average molecular weight is 329 g/mol. The number of halogens is 2. The van der Waals surface area contributed by atoms with E-state index in [2.05, 4.69) is 11.4 Å². The molecule has 0 aliphatic heterocycles. The highest BCUT2D eigenvalue weighted by Crippen LogP contribution is 2.32. The van der Waals surface area contributed by atoms with Crippen LogP contribution >= 0.6 is 23.2 Å². The number of nitrogens with two attached hydrogens (primary N) is 1. The highest BCUT2D eigenvalue weighted by molar-refractivity contribution is 6.40. The van der Waals surface area contributed by atoms with Gasteiger partial charge in [-0.1, -0.05) is 23.2 Å². The Hall–Kier alpha value is -1.48. The summed E-state index contributed by atoms with van der Waals surface area (Å²) in [6.07, 6.45) is 0.705. The third-order valence-corrected chi connectivity index (χ3v) is 3.76. The van der Waals surface area contributed by atoms with E-state index in [1.807, 2.05) is 18.9 Å². The summed E-state index contributed by atoms with van der Waals surface area (Å²) >= 11 is 12.0.